The third-order valence-corrected chi connectivity index (χ3v) is 4.56. The molecular formula is C14H25F2N3O. The molecule has 4 nitrogen and oxygen atoms in total. The number of carbonyl (C=O) groups excluding carboxylic acids is 1. The molecule has 0 aromatic heterocycles. The quantitative estimate of drug-likeness (QED) is 0.815. The Bertz CT molecular complexity index is 324. The number of alkyl halides is 2. The molecular weight excluding hydrogens is 264 g/mol. The number of rotatable bonds is 5. The fourth-order valence-corrected chi connectivity index (χ4v) is 3.08. The van der Waals surface area contributed by atoms with Crippen LogP contribution in [0.15, 0.2) is 0 Å². The molecule has 2 aliphatic rings. The Hall–Kier alpha value is -0.910. The molecule has 0 aromatic rings. The summed E-state index contributed by atoms with van der Waals surface area (Å²) in [6, 6.07) is 0.270. The van der Waals surface area contributed by atoms with Crippen molar-refractivity contribution in [2.75, 3.05) is 19.6 Å². The van der Waals surface area contributed by atoms with Gasteiger partial charge in [-0.3, -0.25) is 0 Å². The second-order valence-corrected chi connectivity index (χ2v) is 6.02. The Balaban J connectivity index is 1.73. The van der Waals surface area contributed by atoms with Crippen LogP contribution in [0.25, 0.3) is 0 Å². The lowest BCUT2D eigenvalue weighted by molar-refractivity contribution is 0.0677. The van der Waals surface area contributed by atoms with E-state index < -0.39 is 19.0 Å². The molecule has 1 saturated carbocycles. The van der Waals surface area contributed by atoms with Crippen LogP contribution in [0.5, 0.6) is 0 Å². The Labute approximate surface area is 119 Å². The molecule has 1 heterocycles. The molecule has 1 saturated heterocycles. The Morgan fingerprint density at radius 3 is 2.65 bits per heavy atom. The molecule has 116 valence electrons. The van der Waals surface area contributed by atoms with Crippen LogP contribution in [0, 0.1) is 5.92 Å². The van der Waals surface area contributed by atoms with E-state index in [-0.39, 0.29) is 6.04 Å². The highest BCUT2D eigenvalue weighted by atomic mass is 19.3. The predicted molar refractivity (Wildman–Crippen MR) is 73.9 cm³/mol. The van der Waals surface area contributed by atoms with E-state index in [9.17, 15) is 13.6 Å². The van der Waals surface area contributed by atoms with Gasteiger partial charge in [0.05, 0.1) is 6.54 Å². The normalized spacial score (nSPS) is 26.1. The van der Waals surface area contributed by atoms with Crippen LogP contribution < -0.4 is 10.6 Å². The van der Waals surface area contributed by atoms with Crippen molar-refractivity contribution in [3.63, 3.8) is 0 Å². The van der Waals surface area contributed by atoms with E-state index in [1.54, 1.807) is 0 Å². The maximum absolute atomic E-state index is 12.0. The van der Waals surface area contributed by atoms with Crippen LogP contribution in [0.2, 0.25) is 0 Å². The van der Waals surface area contributed by atoms with E-state index >= 15 is 0 Å². The molecule has 2 atom stereocenters. The van der Waals surface area contributed by atoms with Crippen molar-refractivity contribution >= 4 is 6.03 Å². The van der Waals surface area contributed by atoms with Gasteiger partial charge in [-0.2, -0.15) is 0 Å². The lowest BCUT2D eigenvalue weighted by atomic mass is 9.86. The van der Waals surface area contributed by atoms with E-state index in [2.05, 4.69) is 15.5 Å². The van der Waals surface area contributed by atoms with Gasteiger partial charge in [0.15, 0.2) is 0 Å². The van der Waals surface area contributed by atoms with Crippen LogP contribution in [-0.4, -0.2) is 49.1 Å². The summed E-state index contributed by atoms with van der Waals surface area (Å²) in [6.07, 6.45) is 3.67. The lowest BCUT2D eigenvalue weighted by Gasteiger charge is -2.43. The van der Waals surface area contributed by atoms with Crippen molar-refractivity contribution in [1.29, 1.82) is 0 Å². The highest BCUT2D eigenvalue weighted by molar-refractivity contribution is 5.74. The first-order chi connectivity index (χ1) is 9.56. The van der Waals surface area contributed by atoms with E-state index in [1.807, 2.05) is 6.92 Å². The van der Waals surface area contributed by atoms with Gasteiger partial charge in [0.2, 0.25) is 0 Å². The summed E-state index contributed by atoms with van der Waals surface area (Å²) in [4.78, 5) is 14.0. The third-order valence-electron chi connectivity index (χ3n) is 4.56. The summed E-state index contributed by atoms with van der Waals surface area (Å²) in [6.45, 7) is 3.56. The zero-order chi connectivity index (χ0) is 14.5. The van der Waals surface area contributed by atoms with Crippen molar-refractivity contribution in [1.82, 2.24) is 15.5 Å². The zero-order valence-electron chi connectivity index (χ0n) is 12.1. The van der Waals surface area contributed by atoms with Crippen LogP contribution in [-0.2, 0) is 0 Å². The van der Waals surface area contributed by atoms with E-state index in [1.165, 1.54) is 19.3 Å². The Morgan fingerprint density at radius 1 is 1.30 bits per heavy atom. The molecule has 1 aliphatic heterocycles. The second kappa shape index (κ2) is 7.20. The van der Waals surface area contributed by atoms with Gasteiger partial charge in [0.1, 0.15) is 0 Å². The van der Waals surface area contributed by atoms with Crippen LogP contribution in [0.3, 0.4) is 0 Å². The number of nitrogens with one attached hydrogen (secondary N) is 2. The van der Waals surface area contributed by atoms with Gasteiger partial charge < -0.3 is 15.5 Å². The molecule has 2 N–H and O–H groups in total. The van der Waals surface area contributed by atoms with E-state index in [4.69, 9.17) is 0 Å². The van der Waals surface area contributed by atoms with Gasteiger partial charge in [-0.15, -0.1) is 0 Å². The molecule has 6 heteroatoms. The number of hydrogen-bond donors (Lipinski definition) is 2. The zero-order valence-corrected chi connectivity index (χ0v) is 12.1. The minimum atomic E-state index is -2.50. The average Bonchev–Trinajstić information content (AvgIpc) is 2.34. The molecule has 2 rings (SSSR count). The fraction of sp³-hybridized carbons (Fsp3) is 0.929. The molecule has 20 heavy (non-hydrogen) atoms. The summed E-state index contributed by atoms with van der Waals surface area (Å²) in [5.41, 5.74) is 0. The van der Waals surface area contributed by atoms with E-state index in [0.29, 0.717) is 5.92 Å². The number of carbonyl (C=O) groups is 1. The molecule has 1 aliphatic carbocycles. The second-order valence-electron chi connectivity index (χ2n) is 6.02. The Kier molecular flexibility index (Phi) is 5.57. The largest absolute Gasteiger partial charge is 0.335 e. The third kappa shape index (κ3) is 4.30. The molecule has 2 amide bonds. The average molecular weight is 289 g/mol. The number of hydrogen-bond acceptors (Lipinski definition) is 2. The maximum Gasteiger partial charge on any atom is 0.315 e. The van der Waals surface area contributed by atoms with Gasteiger partial charge in [0.25, 0.3) is 6.43 Å². The first-order valence-corrected chi connectivity index (χ1v) is 7.63. The standard InChI is InChI=1S/C14H25F2N3O/c1-10(18-14(20)17-8-13(15)16)11-4-3-7-19(9-11)12-5-2-6-12/h10-13H,2-9H2,1H3,(H2,17,18,20)/t10-,11+/m1/s1. The van der Waals surface area contributed by atoms with Crippen molar-refractivity contribution < 1.29 is 13.6 Å². The van der Waals surface area contributed by atoms with Gasteiger partial charge in [0, 0.05) is 18.6 Å². The summed E-state index contributed by atoms with van der Waals surface area (Å²) in [5.74, 6) is 0.418. The molecule has 0 unspecified atom stereocenters. The van der Waals surface area contributed by atoms with Crippen molar-refractivity contribution in [2.45, 2.75) is 57.5 Å². The first-order valence-electron chi connectivity index (χ1n) is 7.63. The van der Waals surface area contributed by atoms with Crippen LogP contribution >= 0.6 is 0 Å². The maximum atomic E-state index is 12.0. The number of amides is 2. The van der Waals surface area contributed by atoms with Gasteiger partial charge in [-0.1, -0.05) is 6.42 Å². The van der Waals surface area contributed by atoms with Crippen molar-refractivity contribution in [2.24, 2.45) is 5.92 Å². The van der Waals surface area contributed by atoms with Crippen LogP contribution in [0.1, 0.15) is 39.0 Å². The topological polar surface area (TPSA) is 44.4 Å². The Morgan fingerprint density at radius 2 is 2.05 bits per heavy atom. The molecule has 0 bridgehead atoms. The van der Waals surface area contributed by atoms with E-state index in [0.717, 1.165) is 32.0 Å². The monoisotopic (exact) mass is 289 g/mol. The molecule has 2 fully saturated rings. The lowest BCUT2D eigenvalue weighted by Crippen LogP contribution is -2.52. The fourth-order valence-electron chi connectivity index (χ4n) is 3.08. The highest BCUT2D eigenvalue weighted by Gasteiger charge is 2.31. The van der Waals surface area contributed by atoms with Crippen LogP contribution in [0.4, 0.5) is 13.6 Å². The predicted octanol–water partition coefficient (Wildman–Crippen LogP) is 2.20. The number of urea groups is 1. The van der Waals surface area contributed by atoms with Gasteiger partial charge >= 0.3 is 6.03 Å². The molecule has 0 spiro atoms. The number of halogens is 2. The summed E-state index contributed by atoms with van der Waals surface area (Å²) >= 11 is 0. The minimum absolute atomic E-state index is 0.0237. The number of piperidine rings is 1. The van der Waals surface area contributed by atoms with Crippen molar-refractivity contribution in [3.8, 4) is 0 Å². The molecule has 0 radical (unpaired) electrons. The number of likely N-dealkylation sites (tertiary alicyclic amines) is 1. The first kappa shape index (κ1) is 15.5. The van der Waals surface area contributed by atoms with Crippen molar-refractivity contribution in [3.05, 3.63) is 0 Å². The number of nitrogens with zero attached hydrogens (tertiary/aromatic N) is 1. The smallest absolute Gasteiger partial charge is 0.315 e. The van der Waals surface area contributed by atoms with Gasteiger partial charge in [-0.05, 0) is 45.1 Å². The summed E-state index contributed by atoms with van der Waals surface area (Å²) < 4.78 is 24.0. The summed E-state index contributed by atoms with van der Waals surface area (Å²) in [5, 5.41) is 4.99. The minimum Gasteiger partial charge on any atom is -0.335 e. The molecule has 0 aromatic carbocycles. The van der Waals surface area contributed by atoms with Gasteiger partial charge in [-0.25, -0.2) is 13.6 Å². The SMILES string of the molecule is C[C@@H](NC(=O)NCC(F)F)[C@H]1CCCN(C2CCC2)C1. The summed E-state index contributed by atoms with van der Waals surface area (Å²) in [7, 11) is 0. The highest BCUT2D eigenvalue weighted by Crippen LogP contribution is 2.30.